The number of allylic oxidation sites excluding steroid dienone is 2. The molecule has 0 saturated carbocycles. The van der Waals surface area contributed by atoms with Gasteiger partial charge >= 0.3 is 35.6 Å². The predicted octanol–water partition coefficient (Wildman–Crippen LogP) is -2.39. The predicted molar refractivity (Wildman–Crippen MR) is 54.9 cm³/mol. The number of hydrogen-bond acceptors (Lipinski definition) is 3. The van der Waals surface area contributed by atoms with Crippen molar-refractivity contribution in [3.05, 3.63) is 25.3 Å². The molecule has 4 amide bonds. The fourth-order valence-corrected chi connectivity index (χ4v) is 1.53. The van der Waals surface area contributed by atoms with Gasteiger partial charge in [0.25, 0.3) is 0 Å². The smallest absolute Gasteiger partial charge is 1.00 e. The van der Waals surface area contributed by atoms with Gasteiger partial charge in [-0.3, -0.25) is 20.2 Å². The SMILES string of the molecule is C=CCC1(CC=C)C(=O)NC(=O)NC1=O.[H-].[Na+]. The molecule has 2 N–H and O–H groups in total. The van der Waals surface area contributed by atoms with Gasteiger partial charge in [-0.1, -0.05) is 12.2 Å². The van der Waals surface area contributed by atoms with E-state index in [9.17, 15) is 14.4 Å². The second kappa shape index (κ2) is 5.98. The summed E-state index contributed by atoms with van der Waals surface area (Å²) in [7, 11) is 0. The Labute approximate surface area is 117 Å². The van der Waals surface area contributed by atoms with Gasteiger partial charge in [-0.2, -0.15) is 0 Å². The molecule has 0 spiro atoms. The van der Waals surface area contributed by atoms with Gasteiger partial charge in [0.05, 0.1) is 0 Å². The van der Waals surface area contributed by atoms with Crippen LogP contribution < -0.4 is 40.2 Å². The van der Waals surface area contributed by atoms with Crippen LogP contribution in [0.2, 0.25) is 0 Å². The number of imide groups is 2. The topological polar surface area (TPSA) is 75.3 Å². The largest absolute Gasteiger partial charge is 1.00 e. The quantitative estimate of drug-likeness (QED) is 0.322. The van der Waals surface area contributed by atoms with Gasteiger partial charge in [0.2, 0.25) is 11.8 Å². The molecule has 1 aliphatic heterocycles. The third-order valence-electron chi connectivity index (χ3n) is 2.31. The number of barbiturate groups is 1. The van der Waals surface area contributed by atoms with Crippen molar-refractivity contribution < 1.29 is 45.4 Å². The van der Waals surface area contributed by atoms with Crippen LogP contribution in [0.4, 0.5) is 4.79 Å². The Morgan fingerprint density at radius 3 is 1.75 bits per heavy atom. The molecule has 16 heavy (non-hydrogen) atoms. The van der Waals surface area contributed by atoms with Crippen LogP contribution in [-0.4, -0.2) is 17.8 Å². The minimum Gasteiger partial charge on any atom is -1.00 e. The molecule has 1 aliphatic rings. The Morgan fingerprint density at radius 2 is 1.44 bits per heavy atom. The van der Waals surface area contributed by atoms with E-state index >= 15 is 0 Å². The van der Waals surface area contributed by atoms with E-state index in [1.807, 2.05) is 0 Å². The van der Waals surface area contributed by atoms with Gasteiger partial charge in [0, 0.05) is 0 Å². The van der Waals surface area contributed by atoms with Gasteiger partial charge in [-0.25, -0.2) is 4.79 Å². The molecular formula is C10H13N2NaO3. The first-order valence-corrected chi connectivity index (χ1v) is 4.45. The van der Waals surface area contributed by atoms with E-state index < -0.39 is 23.3 Å². The number of carbonyl (C=O) groups excluding carboxylic acids is 3. The molecule has 1 rings (SSSR count). The van der Waals surface area contributed by atoms with E-state index in [4.69, 9.17) is 0 Å². The third kappa shape index (κ3) is 2.61. The van der Waals surface area contributed by atoms with Crippen LogP contribution in [0.1, 0.15) is 14.3 Å². The van der Waals surface area contributed by atoms with Crippen molar-refractivity contribution in [2.24, 2.45) is 5.41 Å². The van der Waals surface area contributed by atoms with Crippen molar-refractivity contribution >= 4 is 17.8 Å². The molecule has 0 bridgehead atoms. The van der Waals surface area contributed by atoms with Gasteiger partial charge in [-0.05, 0) is 12.8 Å². The molecule has 82 valence electrons. The minimum absolute atomic E-state index is 0. The molecule has 1 fully saturated rings. The number of carbonyl (C=O) groups is 3. The maximum atomic E-state index is 11.6. The Kier molecular flexibility index (Phi) is 5.64. The van der Waals surface area contributed by atoms with E-state index in [1.54, 1.807) is 0 Å². The number of urea groups is 1. The molecule has 0 aromatic rings. The Hall–Kier alpha value is -0.910. The average Bonchev–Trinajstić information content (AvgIpc) is 2.14. The van der Waals surface area contributed by atoms with Crippen LogP contribution in [0.3, 0.4) is 0 Å². The molecule has 0 atom stereocenters. The minimum atomic E-state index is -1.28. The van der Waals surface area contributed by atoms with E-state index in [0.29, 0.717) is 0 Å². The fourth-order valence-electron chi connectivity index (χ4n) is 1.53. The summed E-state index contributed by atoms with van der Waals surface area (Å²) in [5.41, 5.74) is -1.28. The summed E-state index contributed by atoms with van der Waals surface area (Å²) in [6.45, 7) is 6.98. The zero-order chi connectivity index (χ0) is 11.5. The first-order valence-electron chi connectivity index (χ1n) is 4.45. The van der Waals surface area contributed by atoms with Crippen LogP contribution in [0.15, 0.2) is 25.3 Å². The van der Waals surface area contributed by atoms with Crippen molar-refractivity contribution in [2.75, 3.05) is 0 Å². The maximum absolute atomic E-state index is 11.6. The summed E-state index contributed by atoms with van der Waals surface area (Å²) in [5.74, 6) is -1.20. The van der Waals surface area contributed by atoms with Crippen molar-refractivity contribution in [1.82, 2.24) is 10.6 Å². The zero-order valence-electron chi connectivity index (χ0n) is 10.2. The van der Waals surface area contributed by atoms with Crippen LogP contribution in [-0.2, 0) is 9.59 Å². The second-order valence-electron chi connectivity index (χ2n) is 3.31. The molecule has 1 saturated heterocycles. The van der Waals surface area contributed by atoms with Crippen LogP contribution in [0, 0.1) is 5.41 Å². The average molecular weight is 232 g/mol. The van der Waals surface area contributed by atoms with Crippen LogP contribution in [0.5, 0.6) is 0 Å². The summed E-state index contributed by atoms with van der Waals surface area (Å²) >= 11 is 0. The zero-order valence-corrected chi connectivity index (χ0v) is 11.2. The van der Waals surface area contributed by atoms with Crippen LogP contribution >= 0.6 is 0 Å². The van der Waals surface area contributed by atoms with E-state index in [1.165, 1.54) is 12.2 Å². The number of amides is 4. The monoisotopic (exact) mass is 232 g/mol. The van der Waals surface area contributed by atoms with E-state index in [0.717, 1.165) is 0 Å². The van der Waals surface area contributed by atoms with Crippen molar-refractivity contribution in [1.29, 1.82) is 0 Å². The normalized spacial score (nSPS) is 17.9. The molecule has 0 aliphatic carbocycles. The summed E-state index contributed by atoms with van der Waals surface area (Å²) in [6, 6.07) is -0.784. The van der Waals surface area contributed by atoms with Crippen molar-refractivity contribution in [3.63, 3.8) is 0 Å². The standard InChI is InChI=1S/C10H12N2O3.Na.H/c1-3-5-10(6-4-2)7(13)11-9(15)12-8(10)14;;/h3-4H,1-2,5-6H2,(H2,11,12,13,14,15);;/q;+1;-1. The fraction of sp³-hybridized carbons (Fsp3) is 0.300. The molecule has 0 radical (unpaired) electrons. The Balaban J connectivity index is 0. The number of hydrogen-bond donors (Lipinski definition) is 2. The summed E-state index contributed by atoms with van der Waals surface area (Å²) < 4.78 is 0. The molecule has 5 nitrogen and oxygen atoms in total. The van der Waals surface area contributed by atoms with Gasteiger partial charge in [0.1, 0.15) is 5.41 Å². The van der Waals surface area contributed by atoms with E-state index in [2.05, 4.69) is 23.8 Å². The Morgan fingerprint density at radius 1 is 1.06 bits per heavy atom. The summed E-state index contributed by atoms with van der Waals surface area (Å²) in [4.78, 5) is 34.1. The van der Waals surface area contributed by atoms with Gasteiger partial charge < -0.3 is 1.43 Å². The molecule has 0 unspecified atom stereocenters. The first-order chi connectivity index (χ1) is 7.06. The molecule has 0 aromatic heterocycles. The number of nitrogens with one attached hydrogen (secondary N) is 2. The molecule has 1 heterocycles. The molecule has 0 aromatic carbocycles. The summed E-state index contributed by atoms with van der Waals surface area (Å²) in [5, 5.41) is 4.13. The Bertz CT molecular complexity index is 325. The molecular weight excluding hydrogens is 219 g/mol. The van der Waals surface area contributed by atoms with Gasteiger partial charge in [-0.15, -0.1) is 13.2 Å². The van der Waals surface area contributed by atoms with Gasteiger partial charge in [0.15, 0.2) is 0 Å². The second-order valence-corrected chi connectivity index (χ2v) is 3.31. The number of rotatable bonds is 4. The third-order valence-corrected chi connectivity index (χ3v) is 2.31. The van der Waals surface area contributed by atoms with Crippen LogP contribution in [0.25, 0.3) is 0 Å². The summed E-state index contributed by atoms with van der Waals surface area (Å²) in [6.07, 6.45) is 3.28. The maximum Gasteiger partial charge on any atom is 1.00 e. The molecule has 6 heteroatoms. The van der Waals surface area contributed by atoms with Crippen molar-refractivity contribution in [3.8, 4) is 0 Å². The first kappa shape index (κ1) is 15.1. The van der Waals surface area contributed by atoms with Crippen molar-refractivity contribution in [2.45, 2.75) is 12.8 Å². The van der Waals surface area contributed by atoms with E-state index in [-0.39, 0.29) is 43.8 Å².